The highest BCUT2D eigenvalue weighted by Crippen LogP contribution is 2.26. The maximum Gasteiger partial charge on any atom is 0.243 e. The molecule has 1 aliphatic rings. The third-order valence-electron chi connectivity index (χ3n) is 4.99. The van der Waals surface area contributed by atoms with E-state index in [0.29, 0.717) is 11.4 Å². The molecule has 0 radical (unpaired) electrons. The molecule has 1 aromatic carbocycles. The van der Waals surface area contributed by atoms with Crippen molar-refractivity contribution in [2.75, 3.05) is 25.5 Å². The summed E-state index contributed by atoms with van der Waals surface area (Å²) in [4.78, 5) is 38.7. The van der Waals surface area contributed by atoms with Crippen molar-refractivity contribution < 1.29 is 19.1 Å². The minimum absolute atomic E-state index is 0.0160. The maximum absolute atomic E-state index is 12.8. The molecule has 7 heteroatoms. The molecule has 154 valence electrons. The van der Waals surface area contributed by atoms with Gasteiger partial charge in [-0.3, -0.25) is 14.4 Å². The summed E-state index contributed by atoms with van der Waals surface area (Å²) in [5.74, 6) is 0.105. The van der Waals surface area contributed by atoms with Crippen LogP contribution in [-0.2, 0) is 14.4 Å². The Balaban J connectivity index is 1.81. The molecular weight excluding hydrogens is 358 g/mol. The van der Waals surface area contributed by atoms with Crippen molar-refractivity contribution in [3.8, 4) is 5.75 Å². The third kappa shape index (κ3) is 6.55. The maximum atomic E-state index is 12.8. The molecule has 0 aromatic heterocycles. The van der Waals surface area contributed by atoms with Gasteiger partial charge in [-0.1, -0.05) is 19.3 Å². The molecule has 1 aliphatic carbocycles. The van der Waals surface area contributed by atoms with E-state index in [1.54, 1.807) is 36.3 Å². The van der Waals surface area contributed by atoms with Crippen LogP contribution in [0.5, 0.6) is 5.75 Å². The SMILES string of the molecule is COc1ccc(NC(=O)CNC(=O)CN(C(=O)C2CCCCC2)C(C)C)cc1. The number of hydrogen-bond acceptors (Lipinski definition) is 4. The number of methoxy groups -OCH3 is 1. The van der Waals surface area contributed by atoms with E-state index in [2.05, 4.69) is 10.6 Å². The number of hydrogen-bond donors (Lipinski definition) is 2. The van der Waals surface area contributed by atoms with Crippen molar-refractivity contribution in [2.24, 2.45) is 5.92 Å². The number of carbonyl (C=O) groups excluding carboxylic acids is 3. The van der Waals surface area contributed by atoms with Crippen molar-refractivity contribution in [2.45, 2.75) is 52.0 Å². The van der Waals surface area contributed by atoms with Gasteiger partial charge in [0.15, 0.2) is 0 Å². The Morgan fingerprint density at radius 3 is 2.29 bits per heavy atom. The van der Waals surface area contributed by atoms with Crippen LogP contribution in [0.25, 0.3) is 0 Å². The highest BCUT2D eigenvalue weighted by atomic mass is 16.5. The molecule has 2 N–H and O–H groups in total. The van der Waals surface area contributed by atoms with Gasteiger partial charge in [-0.15, -0.1) is 0 Å². The predicted octanol–water partition coefficient (Wildman–Crippen LogP) is 2.57. The minimum Gasteiger partial charge on any atom is -0.497 e. The first-order valence-electron chi connectivity index (χ1n) is 9.91. The number of ether oxygens (including phenoxy) is 1. The van der Waals surface area contributed by atoms with Gasteiger partial charge in [-0.25, -0.2) is 0 Å². The second kappa shape index (κ2) is 10.7. The summed E-state index contributed by atoms with van der Waals surface area (Å²) in [7, 11) is 1.57. The quantitative estimate of drug-likeness (QED) is 0.715. The zero-order chi connectivity index (χ0) is 20.5. The fourth-order valence-electron chi connectivity index (χ4n) is 3.37. The summed E-state index contributed by atoms with van der Waals surface area (Å²) in [6.45, 7) is 3.64. The molecule has 0 atom stereocenters. The number of benzene rings is 1. The summed E-state index contributed by atoms with van der Waals surface area (Å²) >= 11 is 0. The van der Waals surface area contributed by atoms with Crippen molar-refractivity contribution >= 4 is 23.4 Å². The topological polar surface area (TPSA) is 87.7 Å². The van der Waals surface area contributed by atoms with Crippen LogP contribution in [0.2, 0.25) is 0 Å². The van der Waals surface area contributed by atoms with Crippen LogP contribution >= 0.6 is 0 Å². The molecule has 0 heterocycles. The third-order valence-corrected chi connectivity index (χ3v) is 4.99. The standard InChI is InChI=1S/C21H31N3O4/c1-15(2)24(21(27)16-7-5-4-6-8-16)14-20(26)22-13-19(25)23-17-9-11-18(28-3)12-10-17/h9-12,15-16H,4-8,13-14H2,1-3H3,(H,22,26)(H,23,25). The van der Waals surface area contributed by atoms with E-state index >= 15 is 0 Å². The van der Waals surface area contributed by atoms with Crippen LogP contribution in [-0.4, -0.2) is 48.9 Å². The minimum atomic E-state index is -0.331. The van der Waals surface area contributed by atoms with Crippen LogP contribution in [0, 0.1) is 5.92 Å². The summed E-state index contributed by atoms with van der Waals surface area (Å²) < 4.78 is 5.07. The lowest BCUT2D eigenvalue weighted by Crippen LogP contribution is -2.48. The highest BCUT2D eigenvalue weighted by molar-refractivity contribution is 5.95. The molecular formula is C21H31N3O4. The average molecular weight is 389 g/mol. The first kappa shape index (κ1) is 21.7. The van der Waals surface area contributed by atoms with Gasteiger partial charge in [0.25, 0.3) is 0 Å². The Morgan fingerprint density at radius 1 is 1.07 bits per heavy atom. The van der Waals surface area contributed by atoms with E-state index in [4.69, 9.17) is 4.74 Å². The lowest BCUT2D eigenvalue weighted by Gasteiger charge is -2.31. The van der Waals surface area contributed by atoms with Gasteiger partial charge in [0.05, 0.1) is 20.2 Å². The monoisotopic (exact) mass is 389 g/mol. The number of nitrogens with zero attached hydrogens (tertiary/aromatic N) is 1. The summed E-state index contributed by atoms with van der Waals surface area (Å²) in [6, 6.07) is 6.87. The first-order chi connectivity index (χ1) is 13.4. The Bertz CT molecular complexity index is 667. The van der Waals surface area contributed by atoms with Gasteiger partial charge in [-0.05, 0) is 51.0 Å². The van der Waals surface area contributed by atoms with Gasteiger partial charge in [0.1, 0.15) is 5.75 Å². The number of nitrogens with one attached hydrogen (secondary N) is 2. The molecule has 2 rings (SSSR count). The van der Waals surface area contributed by atoms with E-state index in [1.165, 1.54) is 6.42 Å². The van der Waals surface area contributed by atoms with Gasteiger partial charge in [0.2, 0.25) is 17.7 Å². The van der Waals surface area contributed by atoms with E-state index in [-0.39, 0.29) is 42.8 Å². The number of anilines is 1. The number of rotatable bonds is 8. The molecule has 1 fully saturated rings. The smallest absolute Gasteiger partial charge is 0.243 e. The molecule has 0 aliphatic heterocycles. The lowest BCUT2D eigenvalue weighted by atomic mass is 9.88. The Morgan fingerprint density at radius 2 is 1.71 bits per heavy atom. The Hall–Kier alpha value is -2.57. The van der Waals surface area contributed by atoms with E-state index in [1.807, 2.05) is 13.8 Å². The molecule has 3 amide bonds. The fourth-order valence-corrected chi connectivity index (χ4v) is 3.37. The normalized spacial score (nSPS) is 14.4. The summed E-state index contributed by atoms with van der Waals surface area (Å²) in [5.41, 5.74) is 0.622. The van der Waals surface area contributed by atoms with Crippen molar-refractivity contribution in [1.29, 1.82) is 0 Å². The van der Waals surface area contributed by atoms with Crippen LogP contribution in [0.1, 0.15) is 46.0 Å². The van der Waals surface area contributed by atoms with Crippen LogP contribution < -0.4 is 15.4 Å². The number of amides is 3. The summed E-state index contributed by atoms with van der Waals surface area (Å²) in [6.07, 6.45) is 5.11. The average Bonchev–Trinajstić information content (AvgIpc) is 2.71. The number of carbonyl (C=O) groups is 3. The highest BCUT2D eigenvalue weighted by Gasteiger charge is 2.28. The van der Waals surface area contributed by atoms with Crippen molar-refractivity contribution in [3.05, 3.63) is 24.3 Å². The molecule has 0 bridgehead atoms. The molecule has 0 unspecified atom stereocenters. The van der Waals surface area contributed by atoms with Gasteiger partial charge in [0, 0.05) is 17.6 Å². The largest absolute Gasteiger partial charge is 0.497 e. The second-order valence-electron chi connectivity index (χ2n) is 7.45. The molecule has 0 saturated heterocycles. The second-order valence-corrected chi connectivity index (χ2v) is 7.45. The van der Waals surface area contributed by atoms with Crippen molar-refractivity contribution in [3.63, 3.8) is 0 Å². The summed E-state index contributed by atoms with van der Waals surface area (Å²) in [5, 5.41) is 5.31. The van der Waals surface area contributed by atoms with Gasteiger partial charge >= 0.3 is 0 Å². The molecule has 0 spiro atoms. The molecule has 1 saturated carbocycles. The first-order valence-corrected chi connectivity index (χ1v) is 9.91. The predicted molar refractivity (Wildman–Crippen MR) is 108 cm³/mol. The molecule has 7 nitrogen and oxygen atoms in total. The van der Waals surface area contributed by atoms with Crippen LogP contribution in [0.3, 0.4) is 0 Å². The van der Waals surface area contributed by atoms with Gasteiger partial charge < -0.3 is 20.3 Å². The zero-order valence-corrected chi connectivity index (χ0v) is 17.0. The van der Waals surface area contributed by atoms with E-state index in [0.717, 1.165) is 25.7 Å². The lowest BCUT2D eigenvalue weighted by molar-refractivity contribution is -0.142. The Kier molecular flexibility index (Phi) is 8.29. The van der Waals surface area contributed by atoms with Crippen LogP contribution in [0.15, 0.2) is 24.3 Å². The molecule has 28 heavy (non-hydrogen) atoms. The Labute approximate surface area is 166 Å². The van der Waals surface area contributed by atoms with E-state index < -0.39 is 0 Å². The van der Waals surface area contributed by atoms with Gasteiger partial charge in [-0.2, -0.15) is 0 Å². The van der Waals surface area contributed by atoms with E-state index in [9.17, 15) is 14.4 Å². The fraction of sp³-hybridized carbons (Fsp3) is 0.571. The molecule has 1 aromatic rings. The zero-order valence-electron chi connectivity index (χ0n) is 17.0. The van der Waals surface area contributed by atoms with Crippen molar-refractivity contribution in [1.82, 2.24) is 10.2 Å². The van der Waals surface area contributed by atoms with Crippen LogP contribution in [0.4, 0.5) is 5.69 Å².